The molecule has 2 atom stereocenters. The predicted molar refractivity (Wildman–Crippen MR) is 70.1 cm³/mol. The SMILES string of the molecule is CC(N)C1CCN(Cc2ccccc2[N+](=O)[O-])C1. The van der Waals surface area contributed by atoms with E-state index < -0.39 is 0 Å². The number of likely N-dealkylation sites (tertiary alicyclic amines) is 1. The van der Waals surface area contributed by atoms with E-state index in [9.17, 15) is 10.1 Å². The maximum absolute atomic E-state index is 10.9. The van der Waals surface area contributed by atoms with Crippen molar-refractivity contribution >= 4 is 5.69 Å². The molecule has 0 bridgehead atoms. The van der Waals surface area contributed by atoms with Gasteiger partial charge in [0, 0.05) is 30.8 Å². The molecule has 5 heteroatoms. The zero-order valence-corrected chi connectivity index (χ0v) is 10.6. The molecule has 0 amide bonds. The number of nitro benzene ring substituents is 1. The summed E-state index contributed by atoms with van der Waals surface area (Å²) in [5.41, 5.74) is 6.89. The number of benzene rings is 1. The first kappa shape index (κ1) is 13.0. The number of nitrogens with two attached hydrogens (primary N) is 1. The fourth-order valence-corrected chi connectivity index (χ4v) is 2.50. The van der Waals surface area contributed by atoms with Crippen LogP contribution in [0.1, 0.15) is 18.9 Å². The summed E-state index contributed by atoms with van der Waals surface area (Å²) < 4.78 is 0. The van der Waals surface area contributed by atoms with Gasteiger partial charge in [0.25, 0.3) is 5.69 Å². The third-order valence-corrected chi connectivity index (χ3v) is 3.63. The van der Waals surface area contributed by atoms with Crippen LogP contribution in [-0.4, -0.2) is 29.0 Å². The summed E-state index contributed by atoms with van der Waals surface area (Å²) in [4.78, 5) is 12.9. The lowest BCUT2D eigenvalue weighted by Gasteiger charge is -2.17. The molecule has 0 saturated carbocycles. The highest BCUT2D eigenvalue weighted by molar-refractivity contribution is 5.39. The lowest BCUT2D eigenvalue weighted by Crippen LogP contribution is -2.29. The van der Waals surface area contributed by atoms with Crippen LogP contribution in [0, 0.1) is 16.0 Å². The maximum Gasteiger partial charge on any atom is 0.273 e. The lowest BCUT2D eigenvalue weighted by atomic mass is 10.0. The summed E-state index contributed by atoms with van der Waals surface area (Å²) >= 11 is 0. The first-order valence-electron chi connectivity index (χ1n) is 6.28. The average Bonchev–Trinajstić information content (AvgIpc) is 2.78. The van der Waals surface area contributed by atoms with Crippen LogP contribution in [0.4, 0.5) is 5.69 Å². The number of nitro groups is 1. The van der Waals surface area contributed by atoms with Gasteiger partial charge in [-0.3, -0.25) is 15.0 Å². The van der Waals surface area contributed by atoms with E-state index in [4.69, 9.17) is 5.73 Å². The molecule has 2 rings (SSSR count). The van der Waals surface area contributed by atoms with Crippen molar-refractivity contribution < 1.29 is 4.92 Å². The van der Waals surface area contributed by atoms with Crippen molar-refractivity contribution in [2.45, 2.75) is 25.9 Å². The van der Waals surface area contributed by atoms with Crippen molar-refractivity contribution in [1.29, 1.82) is 0 Å². The third kappa shape index (κ3) is 2.86. The van der Waals surface area contributed by atoms with Crippen molar-refractivity contribution in [2.24, 2.45) is 11.7 Å². The Bertz CT molecular complexity index is 434. The van der Waals surface area contributed by atoms with Crippen LogP contribution < -0.4 is 5.73 Å². The Morgan fingerprint density at radius 1 is 1.56 bits per heavy atom. The topological polar surface area (TPSA) is 72.4 Å². The quantitative estimate of drug-likeness (QED) is 0.652. The van der Waals surface area contributed by atoms with E-state index in [1.807, 2.05) is 19.1 Å². The highest BCUT2D eigenvalue weighted by atomic mass is 16.6. The molecule has 0 radical (unpaired) electrons. The predicted octanol–water partition coefficient (Wildman–Crippen LogP) is 1.76. The molecule has 0 aromatic heterocycles. The molecule has 1 aliphatic heterocycles. The summed E-state index contributed by atoms with van der Waals surface area (Å²) in [6.45, 7) is 4.57. The fourth-order valence-electron chi connectivity index (χ4n) is 2.50. The Morgan fingerprint density at radius 3 is 2.89 bits per heavy atom. The Kier molecular flexibility index (Phi) is 3.93. The minimum atomic E-state index is -0.311. The van der Waals surface area contributed by atoms with Gasteiger partial charge in [-0.2, -0.15) is 0 Å². The molecular formula is C13H19N3O2. The Morgan fingerprint density at radius 2 is 2.28 bits per heavy atom. The van der Waals surface area contributed by atoms with E-state index in [1.165, 1.54) is 0 Å². The first-order valence-corrected chi connectivity index (χ1v) is 6.28. The van der Waals surface area contributed by atoms with Gasteiger partial charge in [-0.15, -0.1) is 0 Å². The zero-order valence-electron chi connectivity index (χ0n) is 10.6. The van der Waals surface area contributed by atoms with Gasteiger partial charge in [0.05, 0.1) is 4.92 Å². The molecule has 2 unspecified atom stereocenters. The van der Waals surface area contributed by atoms with Gasteiger partial charge >= 0.3 is 0 Å². The molecule has 2 N–H and O–H groups in total. The third-order valence-electron chi connectivity index (χ3n) is 3.63. The summed E-state index contributed by atoms with van der Waals surface area (Å²) in [6.07, 6.45) is 1.08. The van der Waals surface area contributed by atoms with Crippen LogP contribution in [0.2, 0.25) is 0 Å². The van der Waals surface area contributed by atoms with E-state index in [0.29, 0.717) is 12.5 Å². The van der Waals surface area contributed by atoms with Gasteiger partial charge in [0.2, 0.25) is 0 Å². The van der Waals surface area contributed by atoms with Crippen LogP contribution >= 0.6 is 0 Å². The van der Waals surface area contributed by atoms with Gasteiger partial charge < -0.3 is 5.73 Å². The highest BCUT2D eigenvalue weighted by Gasteiger charge is 2.26. The largest absolute Gasteiger partial charge is 0.328 e. The number of nitrogens with zero attached hydrogens (tertiary/aromatic N) is 2. The molecule has 98 valence electrons. The van der Waals surface area contributed by atoms with Crippen LogP contribution in [0.5, 0.6) is 0 Å². The van der Waals surface area contributed by atoms with E-state index >= 15 is 0 Å². The van der Waals surface area contributed by atoms with E-state index in [0.717, 1.165) is 25.1 Å². The molecule has 18 heavy (non-hydrogen) atoms. The zero-order chi connectivity index (χ0) is 13.1. The second-order valence-electron chi connectivity index (χ2n) is 5.03. The van der Waals surface area contributed by atoms with Crippen molar-refractivity contribution in [3.8, 4) is 0 Å². The molecule has 1 aliphatic rings. The van der Waals surface area contributed by atoms with Crippen LogP contribution in [0.3, 0.4) is 0 Å². The van der Waals surface area contributed by atoms with E-state index in [2.05, 4.69) is 4.90 Å². The monoisotopic (exact) mass is 249 g/mol. The van der Waals surface area contributed by atoms with E-state index in [1.54, 1.807) is 12.1 Å². The minimum absolute atomic E-state index is 0.195. The van der Waals surface area contributed by atoms with Gasteiger partial charge in [-0.25, -0.2) is 0 Å². The molecule has 0 aliphatic carbocycles. The van der Waals surface area contributed by atoms with Crippen LogP contribution in [-0.2, 0) is 6.54 Å². The standard InChI is InChI=1S/C13H19N3O2/c1-10(14)11-6-7-15(8-11)9-12-4-2-3-5-13(12)16(17)18/h2-5,10-11H,6-9,14H2,1H3. The Hall–Kier alpha value is -1.46. The second kappa shape index (κ2) is 5.46. The molecule has 1 heterocycles. The summed E-state index contributed by atoms with van der Waals surface area (Å²) in [5, 5.41) is 10.9. The summed E-state index contributed by atoms with van der Waals surface area (Å²) in [7, 11) is 0. The first-order chi connectivity index (χ1) is 8.58. The van der Waals surface area contributed by atoms with Crippen LogP contribution in [0.15, 0.2) is 24.3 Å². The molecular weight excluding hydrogens is 230 g/mol. The van der Waals surface area contributed by atoms with Crippen molar-refractivity contribution in [2.75, 3.05) is 13.1 Å². The summed E-state index contributed by atoms with van der Waals surface area (Å²) in [6, 6.07) is 7.14. The van der Waals surface area contributed by atoms with Gasteiger partial charge in [-0.1, -0.05) is 18.2 Å². The van der Waals surface area contributed by atoms with Crippen molar-refractivity contribution in [3.63, 3.8) is 0 Å². The Labute approximate surface area is 107 Å². The molecule has 1 aromatic carbocycles. The number of hydrogen-bond acceptors (Lipinski definition) is 4. The summed E-state index contributed by atoms with van der Waals surface area (Å²) in [5.74, 6) is 0.507. The van der Waals surface area contributed by atoms with Crippen molar-refractivity contribution in [3.05, 3.63) is 39.9 Å². The normalized spacial score (nSPS) is 22.0. The lowest BCUT2D eigenvalue weighted by molar-refractivity contribution is -0.385. The maximum atomic E-state index is 10.9. The van der Waals surface area contributed by atoms with Gasteiger partial charge in [0.15, 0.2) is 0 Å². The number of para-hydroxylation sites is 1. The Balaban J connectivity index is 2.05. The fraction of sp³-hybridized carbons (Fsp3) is 0.538. The smallest absolute Gasteiger partial charge is 0.273 e. The molecule has 0 spiro atoms. The number of rotatable bonds is 4. The van der Waals surface area contributed by atoms with Gasteiger partial charge in [-0.05, 0) is 25.8 Å². The number of hydrogen-bond donors (Lipinski definition) is 1. The average molecular weight is 249 g/mol. The van der Waals surface area contributed by atoms with Crippen molar-refractivity contribution in [1.82, 2.24) is 4.90 Å². The molecule has 1 aromatic rings. The molecule has 1 saturated heterocycles. The molecule has 5 nitrogen and oxygen atoms in total. The minimum Gasteiger partial charge on any atom is -0.328 e. The second-order valence-corrected chi connectivity index (χ2v) is 5.03. The highest BCUT2D eigenvalue weighted by Crippen LogP contribution is 2.24. The van der Waals surface area contributed by atoms with E-state index in [-0.39, 0.29) is 16.7 Å². The molecule has 1 fully saturated rings. The van der Waals surface area contributed by atoms with Gasteiger partial charge in [0.1, 0.15) is 0 Å². The van der Waals surface area contributed by atoms with Crippen LogP contribution in [0.25, 0.3) is 0 Å².